The van der Waals surface area contributed by atoms with Crippen molar-refractivity contribution in [1.29, 1.82) is 0 Å². The topological polar surface area (TPSA) is 56.5 Å². The maximum Gasteiger partial charge on any atom is 0.328 e. The maximum atomic E-state index is 11.7. The van der Waals surface area contributed by atoms with Gasteiger partial charge in [0, 0.05) is 33.9 Å². The Morgan fingerprint density at radius 3 is 2.68 bits per heavy atom. The molecule has 106 valence electrons. The first-order valence-corrected chi connectivity index (χ1v) is 6.42. The summed E-state index contributed by atoms with van der Waals surface area (Å²) in [5.41, 5.74) is 0.566. The molecule has 0 aliphatic carbocycles. The van der Waals surface area contributed by atoms with Crippen LogP contribution in [0.25, 0.3) is 0 Å². The Labute approximate surface area is 117 Å². The summed E-state index contributed by atoms with van der Waals surface area (Å²) in [7, 11) is 5.13. The predicted octanol–water partition coefficient (Wildman–Crippen LogP) is 0.843. The van der Waals surface area contributed by atoms with Crippen molar-refractivity contribution in [3.63, 3.8) is 0 Å². The highest BCUT2D eigenvalue weighted by Crippen LogP contribution is 2.12. The molecular weight excluding hydrogens is 266 g/mol. The number of aryl methyl sites for hydroxylation is 1. The number of rotatable bonds is 5. The summed E-state index contributed by atoms with van der Waals surface area (Å²) in [6.07, 6.45) is 1.96. The van der Waals surface area contributed by atoms with Gasteiger partial charge in [0.05, 0.1) is 18.7 Å². The number of carbonyl (C=O) groups is 1. The van der Waals surface area contributed by atoms with E-state index in [1.54, 1.807) is 27.2 Å². The lowest BCUT2D eigenvalue weighted by molar-refractivity contribution is -0.142. The van der Waals surface area contributed by atoms with Crippen LogP contribution < -0.4 is 10.6 Å². The van der Waals surface area contributed by atoms with Gasteiger partial charge in [-0.3, -0.25) is 9.36 Å². The Morgan fingerprint density at radius 1 is 1.47 bits per heavy atom. The summed E-state index contributed by atoms with van der Waals surface area (Å²) in [4.78, 5) is 24.8. The van der Waals surface area contributed by atoms with Gasteiger partial charge in [0.1, 0.15) is 4.64 Å². The smallest absolute Gasteiger partial charge is 0.328 e. The van der Waals surface area contributed by atoms with Crippen LogP contribution in [0.2, 0.25) is 0 Å². The molecule has 1 rings (SSSR count). The maximum absolute atomic E-state index is 11.7. The second kappa shape index (κ2) is 6.51. The lowest BCUT2D eigenvalue weighted by atomic mass is 10.3. The van der Waals surface area contributed by atoms with Gasteiger partial charge >= 0.3 is 11.7 Å². The zero-order chi connectivity index (χ0) is 14.6. The summed E-state index contributed by atoms with van der Waals surface area (Å²) >= 11 is 5.24. The van der Waals surface area contributed by atoms with E-state index in [1.165, 1.54) is 9.13 Å². The van der Waals surface area contributed by atoms with E-state index in [0.717, 1.165) is 5.69 Å². The number of hydrogen-bond donors (Lipinski definition) is 0. The van der Waals surface area contributed by atoms with Gasteiger partial charge < -0.3 is 14.2 Å². The van der Waals surface area contributed by atoms with Crippen molar-refractivity contribution in [2.75, 3.05) is 25.1 Å². The third-order valence-electron chi connectivity index (χ3n) is 2.80. The van der Waals surface area contributed by atoms with Crippen molar-refractivity contribution in [1.82, 2.24) is 9.13 Å². The highest BCUT2D eigenvalue weighted by molar-refractivity contribution is 7.71. The van der Waals surface area contributed by atoms with Crippen LogP contribution in [0.4, 0.5) is 5.69 Å². The molecule has 0 spiro atoms. The Bertz CT molecular complexity index is 577. The Kier molecular flexibility index (Phi) is 5.29. The van der Waals surface area contributed by atoms with E-state index in [-0.39, 0.29) is 18.1 Å². The zero-order valence-electron chi connectivity index (χ0n) is 11.7. The fraction of sp³-hybridized carbons (Fsp3) is 0.583. The number of hydrogen-bond acceptors (Lipinski definition) is 5. The highest BCUT2D eigenvalue weighted by Gasteiger charge is 2.10. The average Bonchev–Trinajstić information content (AvgIpc) is 2.38. The molecule has 0 aliphatic heterocycles. The predicted molar refractivity (Wildman–Crippen MR) is 76.0 cm³/mol. The molecule has 0 N–H and O–H groups in total. The SMILES string of the molecule is CCOC(=O)CCN(C)c1cn(C)c(=O)n(C)c1=S. The van der Waals surface area contributed by atoms with E-state index in [0.29, 0.717) is 17.8 Å². The van der Waals surface area contributed by atoms with Gasteiger partial charge in [0.25, 0.3) is 0 Å². The van der Waals surface area contributed by atoms with Crippen molar-refractivity contribution >= 4 is 23.9 Å². The quantitative estimate of drug-likeness (QED) is 0.593. The van der Waals surface area contributed by atoms with E-state index in [2.05, 4.69) is 0 Å². The van der Waals surface area contributed by atoms with Crippen LogP contribution in [0.5, 0.6) is 0 Å². The standard InChI is InChI=1S/C12H19N3O3S/c1-5-18-10(16)6-7-13(2)9-8-14(3)12(17)15(4)11(9)19/h8H,5-7H2,1-4H3. The second-order valence-electron chi connectivity index (χ2n) is 4.25. The number of nitrogens with zero attached hydrogens (tertiary/aromatic N) is 3. The highest BCUT2D eigenvalue weighted by atomic mass is 32.1. The molecule has 0 atom stereocenters. The molecule has 0 unspecified atom stereocenters. The van der Waals surface area contributed by atoms with Gasteiger partial charge in [0.15, 0.2) is 0 Å². The summed E-state index contributed by atoms with van der Waals surface area (Å²) in [5.74, 6) is -0.241. The molecular formula is C12H19N3O3S. The zero-order valence-corrected chi connectivity index (χ0v) is 12.5. The number of anilines is 1. The molecule has 0 saturated carbocycles. The molecule has 1 heterocycles. The number of ether oxygens (including phenoxy) is 1. The Hall–Kier alpha value is -1.63. The van der Waals surface area contributed by atoms with Crippen LogP contribution >= 0.6 is 12.2 Å². The van der Waals surface area contributed by atoms with Gasteiger partial charge in [0.2, 0.25) is 0 Å². The molecule has 0 radical (unpaired) electrons. The van der Waals surface area contributed by atoms with Crippen molar-refractivity contribution in [2.24, 2.45) is 14.1 Å². The molecule has 1 aromatic heterocycles. The van der Waals surface area contributed by atoms with E-state index in [4.69, 9.17) is 17.0 Å². The molecule has 19 heavy (non-hydrogen) atoms. The first-order chi connectivity index (χ1) is 8.88. The van der Waals surface area contributed by atoms with Crippen LogP contribution in [0, 0.1) is 4.64 Å². The minimum atomic E-state index is -0.241. The normalized spacial score (nSPS) is 10.3. The summed E-state index contributed by atoms with van der Waals surface area (Å²) in [6.45, 7) is 2.64. The molecule has 0 aromatic carbocycles. The molecule has 6 nitrogen and oxygen atoms in total. The molecule has 0 bridgehead atoms. The van der Waals surface area contributed by atoms with Gasteiger partial charge in [-0.2, -0.15) is 0 Å². The van der Waals surface area contributed by atoms with Crippen molar-refractivity contribution in [3.8, 4) is 0 Å². The third kappa shape index (κ3) is 3.66. The van der Waals surface area contributed by atoms with Gasteiger partial charge in [-0.05, 0) is 6.92 Å². The summed E-state index contributed by atoms with van der Waals surface area (Å²) in [5, 5.41) is 0. The molecule has 0 saturated heterocycles. The first kappa shape index (κ1) is 15.4. The first-order valence-electron chi connectivity index (χ1n) is 6.02. The van der Waals surface area contributed by atoms with Gasteiger partial charge in [-0.15, -0.1) is 0 Å². The van der Waals surface area contributed by atoms with Crippen molar-refractivity contribution < 1.29 is 9.53 Å². The van der Waals surface area contributed by atoms with Crippen molar-refractivity contribution in [3.05, 3.63) is 21.3 Å². The fourth-order valence-electron chi connectivity index (χ4n) is 1.66. The van der Waals surface area contributed by atoms with Crippen LogP contribution in [-0.4, -0.2) is 35.3 Å². The number of esters is 1. The van der Waals surface area contributed by atoms with E-state index < -0.39 is 0 Å². The Morgan fingerprint density at radius 2 is 2.11 bits per heavy atom. The minimum Gasteiger partial charge on any atom is -0.466 e. The largest absolute Gasteiger partial charge is 0.466 e. The fourth-order valence-corrected chi connectivity index (χ4v) is 1.95. The van der Waals surface area contributed by atoms with Crippen molar-refractivity contribution in [2.45, 2.75) is 13.3 Å². The summed E-state index contributed by atoms with van der Waals surface area (Å²) < 4.78 is 8.20. The van der Waals surface area contributed by atoms with Crippen LogP contribution in [0.15, 0.2) is 11.0 Å². The third-order valence-corrected chi connectivity index (χ3v) is 3.28. The lowest BCUT2D eigenvalue weighted by Crippen LogP contribution is -2.31. The average molecular weight is 285 g/mol. The van der Waals surface area contributed by atoms with Gasteiger partial charge in [-0.1, -0.05) is 12.2 Å². The molecule has 1 aromatic rings. The lowest BCUT2D eigenvalue weighted by Gasteiger charge is -2.20. The Balaban J connectivity index is 2.89. The number of aromatic nitrogens is 2. The molecule has 0 aliphatic rings. The second-order valence-corrected chi connectivity index (χ2v) is 4.64. The number of carbonyl (C=O) groups excluding carboxylic acids is 1. The molecule has 7 heteroatoms. The van der Waals surface area contributed by atoms with Crippen LogP contribution in [-0.2, 0) is 23.6 Å². The van der Waals surface area contributed by atoms with E-state index in [1.807, 2.05) is 11.9 Å². The van der Waals surface area contributed by atoms with Crippen LogP contribution in [0.1, 0.15) is 13.3 Å². The summed E-state index contributed by atoms with van der Waals surface area (Å²) in [6, 6.07) is 0. The van der Waals surface area contributed by atoms with E-state index in [9.17, 15) is 9.59 Å². The van der Waals surface area contributed by atoms with Crippen LogP contribution in [0.3, 0.4) is 0 Å². The molecule has 0 fully saturated rings. The van der Waals surface area contributed by atoms with E-state index >= 15 is 0 Å². The molecule has 0 amide bonds. The minimum absolute atomic E-state index is 0.174. The van der Waals surface area contributed by atoms with Gasteiger partial charge in [-0.25, -0.2) is 4.79 Å². The monoisotopic (exact) mass is 285 g/mol.